The standard InChI is InChI=1S/C12H18F3N3O/c1-11(2,3)5-6-19-9-7-8(16-4)17-10(18-9)12(13,14)15/h7H,5-6H2,1-4H3,(H,16,17,18). The molecule has 0 fully saturated rings. The fraction of sp³-hybridized carbons (Fsp3) is 0.667. The molecular formula is C12H18F3N3O. The van der Waals surface area contributed by atoms with E-state index in [0.29, 0.717) is 13.0 Å². The summed E-state index contributed by atoms with van der Waals surface area (Å²) in [7, 11) is 1.49. The van der Waals surface area contributed by atoms with Gasteiger partial charge in [0.05, 0.1) is 6.61 Å². The zero-order valence-electron chi connectivity index (χ0n) is 11.4. The number of alkyl halides is 3. The molecule has 7 heteroatoms. The smallest absolute Gasteiger partial charge is 0.451 e. The highest BCUT2D eigenvalue weighted by Crippen LogP contribution is 2.29. The van der Waals surface area contributed by atoms with Crippen LogP contribution in [0.25, 0.3) is 0 Å². The Morgan fingerprint density at radius 1 is 1.21 bits per heavy atom. The second-order valence-electron chi connectivity index (χ2n) is 5.32. The number of nitrogens with zero attached hydrogens (tertiary/aromatic N) is 2. The summed E-state index contributed by atoms with van der Waals surface area (Å²) < 4.78 is 43.0. The number of anilines is 1. The largest absolute Gasteiger partial charge is 0.478 e. The molecule has 0 radical (unpaired) electrons. The molecule has 0 aliphatic carbocycles. The normalized spacial score (nSPS) is 12.4. The average Bonchev–Trinajstić information content (AvgIpc) is 2.25. The van der Waals surface area contributed by atoms with Crippen molar-refractivity contribution in [2.24, 2.45) is 5.41 Å². The van der Waals surface area contributed by atoms with Crippen molar-refractivity contribution in [3.05, 3.63) is 11.9 Å². The highest BCUT2D eigenvalue weighted by Gasteiger charge is 2.35. The van der Waals surface area contributed by atoms with Crippen LogP contribution < -0.4 is 10.1 Å². The van der Waals surface area contributed by atoms with Gasteiger partial charge in [0.1, 0.15) is 5.82 Å². The van der Waals surface area contributed by atoms with Gasteiger partial charge in [-0.3, -0.25) is 0 Å². The summed E-state index contributed by atoms with van der Waals surface area (Å²) in [6.07, 6.45) is -3.87. The molecule has 1 heterocycles. The maximum Gasteiger partial charge on any atom is 0.451 e. The van der Waals surface area contributed by atoms with Crippen LogP contribution in [0.1, 0.15) is 33.0 Å². The lowest BCUT2D eigenvalue weighted by atomic mass is 9.93. The van der Waals surface area contributed by atoms with E-state index in [1.807, 2.05) is 20.8 Å². The van der Waals surface area contributed by atoms with E-state index in [2.05, 4.69) is 15.3 Å². The third-order valence-electron chi connectivity index (χ3n) is 2.31. The Kier molecular flexibility index (Phi) is 4.60. The molecule has 108 valence electrons. The summed E-state index contributed by atoms with van der Waals surface area (Å²) in [6.45, 7) is 6.38. The second-order valence-corrected chi connectivity index (χ2v) is 5.32. The number of nitrogens with one attached hydrogen (secondary N) is 1. The minimum absolute atomic E-state index is 0.0473. The zero-order chi connectivity index (χ0) is 14.7. The molecular weight excluding hydrogens is 259 g/mol. The van der Waals surface area contributed by atoms with Crippen LogP contribution in [-0.2, 0) is 6.18 Å². The molecule has 0 aliphatic heterocycles. The first-order valence-electron chi connectivity index (χ1n) is 5.89. The maximum absolute atomic E-state index is 12.6. The zero-order valence-corrected chi connectivity index (χ0v) is 11.4. The molecule has 0 aromatic carbocycles. The number of hydrogen-bond donors (Lipinski definition) is 1. The van der Waals surface area contributed by atoms with Gasteiger partial charge < -0.3 is 10.1 Å². The predicted molar refractivity (Wildman–Crippen MR) is 66.1 cm³/mol. The minimum atomic E-state index is -4.59. The van der Waals surface area contributed by atoms with Crippen LogP contribution >= 0.6 is 0 Å². The van der Waals surface area contributed by atoms with Crippen molar-refractivity contribution in [2.75, 3.05) is 19.0 Å². The Labute approximate surface area is 110 Å². The van der Waals surface area contributed by atoms with E-state index in [0.717, 1.165) is 0 Å². The molecule has 0 atom stereocenters. The first-order chi connectivity index (χ1) is 8.62. The van der Waals surface area contributed by atoms with Gasteiger partial charge in [0, 0.05) is 13.1 Å². The highest BCUT2D eigenvalue weighted by atomic mass is 19.4. The van der Waals surface area contributed by atoms with Crippen LogP contribution in [0.3, 0.4) is 0 Å². The molecule has 19 heavy (non-hydrogen) atoms. The predicted octanol–water partition coefficient (Wildman–Crippen LogP) is 3.35. The Morgan fingerprint density at radius 2 is 1.84 bits per heavy atom. The molecule has 4 nitrogen and oxygen atoms in total. The van der Waals surface area contributed by atoms with E-state index in [1.54, 1.807) is 0 Å². The topological polar surface area (TPSA) is 47.0 Å². The van der Waals surface area contributed by atoms with Gasteiger partial charge in [-0.05, 0) is 11.8 Å². The Morgan fingerprint density at radius 3 is 2.32 bits per heavy atom. The summed E-state index contributed by atoms with van der Waals surface area (Å²) in [5.41, 5.74) is 0.0473. The summed E-state index contributed by atoms with van der Waals surface area (Å²) in [4.78, 5) is 6.73. The van der Waals surface area contributed by atoms with Crippen LogP contribution in [-0.4, -0.2) is 23.6 Å². The maximum atomic E-state index is 12.6. The summed E-state index contributed by atoms with van der Waals surface area (Å²) >= 11 is 0. The van der Waals surface area contributed by atoms with E-state index < -0.39 is 12.0 Å². The average molecular weight is 277 g/mol. The van der Waals surface area contributed by atoms with Crippen molar-refractivity contribution in [3.63, 3.8) is 0 Å². The summed E-state index contributed by atoms with van der Waals surface area (Å²) in [6, 6.07) is 1.35. The monoisotopic (exact) mass is 277 g/mol. The van der Waals surface area contributed by atoms with Gasteiger partial charge in [-0.15, -0.1) is 0 Å². The van der Waals surface area contributed by atoms with Gasteiger partial charge in [0.2, 0.25) is 11.7 Å². The fourth-order valence-electron chi connectivity index (χ4n) is 1.22. The minimum Gasteiger partial charge on any atom is -0.478 e. The molecule has 1 rings (SSSR count). The van der Waals surface area contributed by atoms with Gasteiger partial charge in [-0.25, -0.2) is 4.98 Å². The van der Waals surface area contributed by atoms with Gasteiger partial charge >= 0.3 is 6.18 Å². The molecule has 0 spiro atoms. The van der Waals surface area contributed by atoms with Crippen LogP contribution in [0.5, 0.6) is 5.88 Å². The number of ether oxygens (including phenoxy) is 1. The molecule has 1 aromatic heterocycles. The van der Waals surface area contributed by atoms with Gasteiger partial charge in [0.25, 0.3) is 0 Å². The van der Waals surface area contributed by atoms with Crippen LogP contribution in [0.15, 0.2) is 6.07 Å². The first-order valence-corrected chi connectivity index (χ1v) is 5.89. The SMILES string of the molecule is CNc1cc(OCCC(C)(C)C)nc(C(F)(F)F)n1. The van der Waals surface area contributed by atoms with Crippen molar-refractivity contribution >= 4 is 5.82 Å². The van der Waals surface area contributed by atoms with E-state index >= 15 is 0 Å². The number of aromatic nitrogens is 2. The molecule has 0 saturated heterocycles. The van der Waals surface area contributed by atoms with E-state index in [1.165, 1.54) is 13.1 Å². The van der Waals surface area contributed by atoms with Crippen molar-refractivity contribution < 1.29 is 17.9 Å². The Bertz CT molecular complexity index is 427. The number of rotatable bonds is 4. The lowest BCUT2D eigenvalue weighted by Gasteiger charge is -2.18. The van der Waals surface area contributed by atoms with Crippen molar-refractivity contribution in [1.82, 2.24) is 9.97 Å². The molecule has 0 amide bonds. The Balaban J connectivity index is 2.83. The van der Waals surface area contributed by atoms with Crippen molar-refractivity contribution in [3.8, 4) is 5.88 Å². The molecule has 0 saturated carbocycles. The molecule has 0 aliphatic rings. The fourth-order valence-corrected chi connectivity index (χ4v) is 1.22. The number of halogens is 3. The van der Waals surface area contributed by atoms with Crippen LogP contribution in [0.4, 0.5) is 19.0 Å². The van der Waals surface area contributed by atoms with Gasteiger partial charge in [-0.2, -0.15) is 18.2 Å². The lowest BCUT2D eigenvalue weighted by Crippen LogP contribution is -2.15. The van der Waals surface area contributed by atoms with Gasteiger partial charge in [0.15, 0.2) is 0 Å². The lowest BCUT2D eigenvalue weighted by molar-refractivity contribution is -0.145. The van der Waals surface area contributed by atoms with Crippen LogP contribution in [0.2, 0.25) is 0 Å². The number of hydrogen-bond acceptors (Lipinski definition) is 4. The third kappa shape index (κ3) is 5.32. The van der Waals surface area contributed by atoms with E-state index in [4.69, 9.17) is 4.74 Å². The molecule has 1 N–H and O–H groups in total. The Hall–Kier alpha value is -1.53. The van der Waals surface area contributed by atoms with Crippen molar-refractivity contribution in [2.45, 2.75) is 33.4 Å². The van der Waals surface area contributed by atoms with Crippen molar-refractivity contribution in [1.29, 1.82) is 0 Å². The van der Waals surface area contributed by atoms with Gasteiger partial charge in [-0.1, -0.05) is 20.8 Å². The summed E-state index contributed by atoms with van der Waals surface area (Å²) in [5, 5.41) is 2.56. The second kappa shape index (κ2) is 5.63. The third-order valence-corrected chi connectivity index (χ3v) is 2.31. The van der Waals surface area contributed by atoms with E-state index in [-0.39, 0.29) is 17.1 Å². The van der Waals surface area contributed by atoms with Crippen LogP contribution in [0, 0.1) is 5.41 Å². The quantitative estimate of drug-likeness (QED) is 0.916. The first kappa shape index (κ1) is 15.5. The summed E-state index contributed by atoms with van der Waals surface area (Å²) in [5.74, 6) is -1.20. The van der Waals surface area contributed by atoms with E-state index in [9.17, 15) is 13.2 Å². The highest BCUT2D eigenvalue weighted by molar-refractivity contribution is 5.38. The molecule has 1 aromatic rings. The molecule has 0 bridgehead atoms. The molecule has 0 unspecified atom stereocenters.